The number of morpholine rings is 1. The third-order valence-electron chi connectivity index (χ3n) is 4.62. The molecule has 1 aromatic carbocycles. The number of hydrogen-bond acceptors (Lipinski definition) is 7. The number of nitrogens with zero attached hydrogens (tertiary/aromatic N) is 2. The maximum atomic E-state index is 12.0. The Labute approximate surface area is 134 Å². The second-order valence-corrected chi connectivity index (χ2v) is 5.97. The normalized spacial score (nSPS) is 20.0. The van der Waals surface area contributed by atoms with Crippen molar-refractivity contribution in [2.24, 2.45) is 5.92 Å². The van der Waals surface area contributed by atoms with Gasteiger partial charge in [-0.05, 0) is 19.8 Å². The fourth-order valence-corrected chi connectivity index (χ4v) is 3.34. The van der Waals surface area contributed by atoms with Gasteiger partial charge in [0.15, 0.2) is 0 Å². The van der Waals surface area contributed by atoms with Gasteiger partial charge in [-0.25, -0.2) is 0 Å². The topological polar surface area (TPSA) is 76.2 Å². The largest absolute Gasteiger partial charge is 0.466 e. The number of piperidine rings is 1. The van der Waals surface area contributed by atoms with Gasteiger partial charge in [0.1, 0.15) is 11.4 Å². The van der Waals surface area contributed by atoms with E-state index < -0.39 is 10.9 Å². The lowest BCUT2D eigenvalue weighted by Crippen LogP contribution is -2.51. The van der Waals surface area contributed by atoms with Crippen molar-refractivity contribution in [1.82, 2.24) is 0 Å². The number of carbonyl (C=O) groups excluding carboxylic acids is 1. The number of hydrogen-bond donors (Lipinski definition) is 0. The van der Waals surface area contributed by atoms with Crippen LogP contribution in [0.4, 0.5) is 11.4 Å². The molecule has 0 saturated carbocycles. The van der Waals surface area contributed by atoms with Crippen LogP contribution in [-0.2, 0) is 14.3 Å². The summed E-state index contributed by atoms with van der Waals surface area (Å²) in [5, 5.41) is 0. The van der Waals surface area contributed by atoms with Crippen molar-refractivity contribution in [3.8, 4) is 0 Å². The molecule has 2 fully saturated rings. The number of anilines is 2. The Hall–Kier alpha value is -1.89. The average Bonchev–Trinajstić information content (AvgIpc) is 2.60. The Balaban J connectivity index is 1.69. The molecule has 0 spiro atoms. The second kappa shape index (κ2) is 6.70. The summed E-state index contributed by atoms with van der Waals surface area (Å²) < 4.78 is 10.4. The summed E-state index contributed by atoms with van der Waals surface area (Å²) in [4.78, 5) is 39.7. The summed E-state index contributed by atoms with van der Waals surface area (Å²) >= 11 is 0. The van der Waals surface area contributed by atoms with Crippen molar-refractivity contribution in [3.63, 3.8) is 0 Å². The van der Waals surface area contributed by atoms with Gasteiger partial charge in [-0.3, -0.25) is 14.4 Å². The molecule has 1 aromatic rings. The number of ether oxygens (including phenoxy) is 2. The van der Waals surface area contributed by atoms with Crippen molar-refractivity contribution in [2.45, 2.75) is 19.8 Å². The molecular formula is C16H22N2O5. The molecule has 0 aliphatic carbocycles. The van der Waals surface area contributed by atoms with E-state index in [4.69, 9.17) is 9.47 Å². The highest BCUT2D eigenvalue weighted by atomic mass is 16.5. The van der Waals surface area contributed by atoms with Gasteiger partial charge in [0.25, 0.3) is 10.9 Å². The van der Waals surface area contributed by atoms with Crippen molar-refractivity contribution in [1.29, 1.82) is 0 Å². The highest BCUT2D eigenvalue weighted by Crippen LogP contribution is 2.29. The molecule has 0 atom stereocenters. The zero-order valence-electron chi connectivity index (χ0n) is 13.4. The fourth-order valence-electron chi connectivity index (χ4n) is 3.34. The molecule has 0 aromatic heterocycles. The lowest BCUT2D eigenvalue weighted by atomic mass is 9.95. The Kier molecular flexibility index (Phi) is 4.66. The lowest BCUT2D eigenvalue weighted by Gasteiger charge is -2.37. The molecule has 23 heavy (non-hydrogen) atoms. The Morgan fingerprint density at radius 1 is 1.04 bits per heavy atom. The number of rotatable bonds is 4. The molecule has 2 aliphatic rings. The van der Waals surface area contributed by atoms with Gasteiger partial charge in [0.2, 0.25) is 0 Å². The highest BCUT2D eigenvalue weighted by Gasteiger charge is 2.34. The smallest absolute Gasteiger partial charge is 0.309 e. The van der Waals surface area contributed by atoms with Gasteiger partial charge in [0.05, 0.1) is 25.7 Å². The molecule has 0 N–H and O–H groups in total. The first-order valence-electron chi connectivity index (χ1n) is 8.21. The first kappa shape index (κ1) is 16.0. The molecule has 7 nitrogen and oxygen atoms in total. The third-order valence-corrected chi connectivity index (χ3v) is 4.62. The predicted octanol–water partition coefficient (Wildman–Crippen LogP) is -0.101. The van der Waals surface area contributed by atoms with Crippen LogP contribution >= 0.6 is 0 Å². The van der Waals surface area contributed by atoms with Crippen molar-refractivity contribution in [3.05, 3.63) is 20.4 Å². The van der Waals surface area contributed by atoms with Crippen LogP contribution in [0.5, 0.6) is 0 Å². The van der Waals surface area contributed by atoms with E-state index in [-0.39, 0.29) is 11.9 Å². The van der Waals surface area contributed by atoms with Crippen molar-refractivity contribution >= 4 is 17.3 Å². The Bertz CT molecular complexity index is 635. The molecule has 2 aliphatic heterocycles. The summed E-state index contributed by atoms with van der Waals surface area (Å²) in [6.45, 7) is 5.81. The van der Waals surface area contributed by atoms with Gasteiger partial charge in [0, 0.05) is 26.2 Å². The van der Waals surface area contributed by atoms with E-state index in [1.165, 1.54) is 0 Å². The maximum Gasteiger partial charge on any atom is 0.309 e. The van der Waals surface area contributed by atoms with E-state index in [1.807, 2.05) is 9.80 Å². The third kappa shape index (κ3) is 2.97. The highest BCUT2D eigenvalue weighted by molar-refractivity contribution is 5.77. The fraction of sp³-hybridized carbons (Fsp3) is 0.688. The van der Waals surface area contributed by atoms with Crippen LogP contribution in [0.2, 0.25) is 0 Å². The van der Waals surface area contributed by atoms with E-state index in [2.05, 4.69) is 0 Å². The van der Waals surface area contributed by atoms with Crippen LogP contribution in [0.25, 0.3) is 0 Å². The van der Waals surface area contributed by atoms with Crippen LogP contribution in [0.15, 0.2) is 9.59 Å². The van der Waals surface area contributed by atoms with Gasteiger partial charge in [-0.2, -0.15) is 0 Å². The maximum absolute atomic E-state index is 12.0. The monoisotopic (exact) mass is 322 g/mol. The van der Waals surface area contributed by atoms with Crippen LogP contribution < -0.4 is 20.7 Å². The van der Waals surface area contributed by atoms with E-state index in [1.54, 1.807) is 6.92 Å². The number of carbonyl (C=O) groups is 1. The molecule has 7 heteroatoms. The summed E-state index contributed by atoms with van der Waals surface area (Å²) in [5.41, 5.74) is 0.266. The standard InChI is InChI=1S/C16H22N2O5/c1-2-23-16(21)11-3-5-17(6-4-11)12-13(15(20)14(12)19)18-7-9-22-10-8-18/h11H,2-10H2,1H3. The van der Waals surface area contributed by atoms with Gasteiger partial charge in [-0.1, -0.05) is 0 Å². The van der Waals surface area contributed by atoms with Crippen LogP contribution in [0, 0.1) is 5.92 Å². The Morgan fingerprint density at radius 2 is 1.57 bits per heavy atom. The summed E-state index contributed by atoms with van der Waals surface area (Å²) in [6.07, 6.45) is 1.31. The van der Waals surface area contributed by atoms with Gasteiger partial charge in [-0.15, -0.1) is 0 Å². The second-order valence-electron chi connectivity index (χ2n) is 5.97. The van der Waals surface area contributed by atoms with E-state index in [9.17, 15) is 14.4 Å². The van der Waals surface area contributed by atoms with Crippen LogP contribution in [0.3, 0.4) is 0 Å². The molecule has 0 bridgehead atoms. The molecule has 0 amide bonds. The summed E-state index contributed by atoms with van der Waals surface area (Å²) in [6, 6.07) is 0. The quantitative estimate of drug-likeness (QED) is 0.566. The SMILES string of the molecule is CCOC(=O)C1CCN(c2c(N3CCOCC3)c(=O)c2=O)CC1. The molecule has 126 valence electrons. The van der Waals surface area contributed by atoms with Crippen LogP contribution in [-0.4, -0.2) is 52.0 Å². The van der Waals surface area contributed by atoms with E-state index in [0.29, 0.717) is 70.2 Å². The van der Waals surface area contributed by atoms with Crippen LogP contribution in [0.1, 0.15) is 19.8 Å². The molecule has 2 saturated heterocycles. The van der Waals surface area contributed by atoms with Crippen molar-refractivity contribution < 1.29 is 14.3 Å². The first-order valence-corrected chi connectivity index (χ1v) is 8.21. The molecule has 0 radical (unpaired) electrons. The van der Waals surface area contributed by atoms with Gasteiger partial charge >= 0.3 is 5.97 Å². The van der Waals surface area contributed by atoms with Crippen molar-refractivity contribution in [2.75, 3.05) is 55.8 Å². The lowest BCUT2D eigenvalue weighted by molar-refractivity contribution is -0.148. The molecular weight excluding hydrogens is 300 g/mol. The zero-order chi connectivity index (χ0) is 16.4. The van der Waals surface area contributed by atoms with E-state index in [0.717, 1.165) is 0 Å². The molecule has 0 unspecified atom stereocenters. The molecule has 2 heterocycles. The predicted molar refractivity (Wildman–Crippen MR) is 86.0 cm³/mol. The minimum absolute atomic E-state index is 0.107. The average molecular weight is 322 g/mol. The minimum atomic E-state index is -0.402. The van der Waals surface area contributed by atoms with E-state index >= 15 is 0 Å². The van der Waals surface area contributed by atoms with Gasteiger partial charge < -0.3 is 19.3 Å². The summed E-state index contributed by atoms with van der Waals surface area (Å²) in [7, 11) is 0. The summed E-state index contributed by atoms with van der Waals surface area (Å²) in [5.74, 6) is -0.268. The Morgan fingerprint density at radius 3 is 2.09 bits per heavy atom. The number of esters is 1. The first-order chi connectivity index (χ1) is 11.1. The zero-order valence-corrected chi connectivity index (χ0v) is 13.4. The molecule has 3 rings (SSSR count). The minimum Gasteiger partial charge on any atom is -0.466 e.